The van der Waals surface area contributed by atoms with Crippen molar-refractivity contribution in [3.8, 4) is 11.8 Å². The Labute approximate surface area is 117 Å². The molecule has 0 aliphatic carbocycles. The molecule has 1 heterocycles. The average molecular weight is 291 g/mol. The summed E-state index contributed by atoms with van der Waals surface area (Å²) in [6.45, 7) is -0.185. The van der Waals surface area contributed by atoms with Crippen LogP contribution in [0.25, 0.3) is 0 Å². The number of nitrogens with one attached hydrogen (secondary N) is 1. The number of aliphatic hydroxyl groups excluding tert-OH is 1. The topological polar surface area (TPSA) is 79.5 Å². The number of hydrogen-bond acceptors (Lipinski definition) is 4. The second kappa shape index (κ2) is 6.39. The third-order valence-corrected chi connectivity index (χ3v) is 3.87. The van der Waals surface area contributed by atoms with Gasteiger partial charge in [0.05, 0.1) is 17.7 Å². The van der Waals surface area contributed by atoms with Crippen molar-refractivity contribution >= 4 is 10.0 Å². The van der Waals surface area contributed by atoms with E-state index in [4.69, 9.17) is 9.52 Å². The molecule has 0 radical (unpaired) electrons. The molecule has 0 atom stereocenters. The summed E-state index contributed by atoms with van der Waals surface area (Å²) in [4.78, 5) is 0.119. The highest BCUT2D eigenvalue weighted by atomic mass is 32.2. The Hall–Kier alpha value is -2.07. The molecule has 0 bridgehead atoms. The van der Waals surface area contributed by atoms with E-state index < -0.39 is 10.0 Å². The Kier molecular flexibility index (Phi) is 4.58. The summed E-state index contributed by atoms with van der Waals surface area (Å²) in [6.07, 6.45) is 1.48. The molecular formula is C14H13NO4S. The lowest BCUT2D eigenvalue weighted by molar-refractivity contribution is 0.350. The van der Waals surface area contributed by atoms with Crippen LogP contribution in [0.4, 0.5) is 0 Å². The predicted molar refractivity (Wildman–Crippen MR) is 73.1 cm³/mol. The fourth-order valence-electron chi connectivity index (χ4n) is 1.55. The molecular weight excluding hydrogens is 278 g/mol. The smallest absolute Gasteiger partial charge is 0.241 e. The minimum atomic E-state index is -3.62. The monoisotopic (exact) mass is 291 g/mol. The van der Waals surface area contributed by atoms with Gasteiger partial charge in [-0.1, -0.05) is 17.9 Å². The first-order valence-corrected chi connectivity index (χ1v) is 7.32. The zero-order chi connectivity index (χ0) is 14.4. The van der Waals surface area contributed by atoms with E-state index in [1.807, 2.05) is 0 Å². The lowest BCUT2D eigenvalue weighted by Crippen LogP contribution is -2.23. The van der Waals surface area contributed by atoms with Crippen LogP contribution in [-0.2, 0) is 16.6 Å². The molecule has 5 nitrogen and oxygen atoms in total. The van der Waals surface area contributed by atoms with Crippen LogP contribution in [-0.4, -0.2) is 20.1 Å². The molecule has 1 aromatic heterocycles. The molecule has 0 aliphatic heterocycles. The van der Waals surface area contributed by atoms with E-state index in [2.05, 4.69) is 16.6 Å². The van der Waals surface area contributed by atoms with Gasteiger partial charge >= 0.3 is 0 Å². The maximum absolute atomic E-state index is 12.1. The van der Waals surface area contributed by atoms with E-state index >= 15 is 0 Å². The first-order chi connectivity index (χ1) is 9.62. The van der Waals surface area contributed by atoms with Gasteiger partial charge in [-0.25, -0.2) is 13.1 Å². The third-order valence-electron chi connectivity index (χ3n) is 2.47. The summed E-state index contributed by atoms with van der Waals surface area (Å²) in [5, 5.41) is 8.63. The first kappa shape index (κ1) is 14.3. The minimum Gasteiger partial charge on any atom is -0.468 e. The normalized spacial score (nSPS) is 10.8. The van der Waals surface area contributed by atoms with Crippen LogP contribution in [0, 0.1) is 11.8 Å². The van der Waals surface area contributed by atoms with Crippen LogP contribution < -0.4 is 4.72 Å². The van der Waals surface area contributed by atoms with E-state index in [1.165, 1.54) is 18.4 Å². The van der Waals surface area contributed by atoms with Crippen molar-refractivity contribution in [3.63, 3.8) is 0 Å². The molecule has 0 fully saturated rings. The standard InChI is InChI=1S/C14H13NO4S/c16-8-2-5-12-4-1-7-14(10-12)20(17,18)15-11-13-6-3-9-19-13/h1,3-4,6-7,9-10,15-16H,8,11H2. The summed E-state index contributed by atoms with van der Waals surface area (Å²) >= 11 is 0. The predicted octanol–water partition coefficient (Wildman–Crippen LogP) is 1.10. The number of furan rings is 1. The Morgan fingerprint density at radius 2 is 2.10 bits per heavy atom. The van der Waals surface area contributed by atoms with Gasteiger partial charge in [-0.2, -0.15) is 0 Å². The first-order valence-electron chi connectivity index (χ1n) is 5.84. The molecule has 2 N–H and O–H groups in total. The zero-order valence-corrected chi connectivity index (χ0v) is 11.4. The van der Waals surface area contributed by atoms with Gasteiger partial charge < -0.3 is 9.52 Å². The van der Waals surface area contributed by atoms with Gasteiger partial charge in [0.1, 0.15) is 12.4 Å². The number of benzene rings is 1. The van der Waals surface area contributed by atoms with Crippen LogP contribution in [0.3, 0.4) is 0 Å². The molecule has 104 valence electrons. The second-order valence-corrected chi connectivity index (χ2v) is 5.66. The SMILES string of the molecule is O=S(=O)(NCc1ccco1)c1cccc(C#CCO)c1. The van der Waals surface area contributed by atoms with Crippen LogP contribution in [0.1, 0.15) is 11.3 Å². The van der Waals surface area contributed by atoms with Gasteiger partial charge in [0.2, 0.25) is 10.0 Å². The van der Waals surface area contributed by atoms with Gasteiger partial charge in [0.25, 0.3) is 0 Å². The van der Waals surface area contributed by atoms with Gasteiger partial charge in [0.15, 0.2) is 0 Å². The summed E-state index contributed by atoms with van der Waals surface area (Å²) in [5.74, 6) is 5.67. The van der Waals surface area contributed by atoms with Crippen molar-refractivity contribution in [2.24, 2.45) is 0 Å². The van der Waals surface area contributed by atoms with Crippen molar-refractivity contribution in [2.45, 2.75) is 11.4 Å². The summed E-state index contributed by atoms with van der Waals surface area (Å²) in [7, 11) is -3.62. The van der Waals surface area contributed by atoms with E-state index in [1.54, 1.807) is 24.3 Å². The van der Waals surface area contributed by atoms with Crippen molar-refractivity contribution in [2.75, 3.05) is 6.61 Å². The van der Waals surface area contributed by atoms with Gasteiger partial charge in [-0.05, 0) is 30.3 Å². The van der Waals surface area contributed by atoms with Crippen molar-refractivity contribution < 1.29 is 17.9 Å². The van der Waals surface area contributed by atoms with Crippen molar-refractivity contribution in [3.05, 3.63) is 54.0 Å². The van der Waals surface area contributed by atoms with Crippen LogP contribution in [0.2, 0.25) is 0 Å². The van der Waals surface area contributed by atoms with E-state index in [9.17, 15) is 8.42 Å². The highest BCUT2D eigenvalue weighted by Crippen LogP contribution is 2.11. The molecule has 0 aliphatic rings. The number of rotatable bonds is 4. The highest BCUT2D eigenvalue weighted by molar-refractivity contribution is 7.89. The van der Waals surface area contributed by atoms with Crippen LogP contribution in [0.5, 0.6) is 0 Å². The molecule has 1 aromatic carbocycles. The van der Waals surface area contributed by atoms with Crippen LogP contribution >= 0.6 is 0 Å². The van der Waals surface area contributed by atoms with Crippen molar-refractivity contribution in [1.29, 1.82) is 0 Å². The molecule has 0 saturated heterocycles. The van der Waals surface area contributed by atoms with E-state index in [0.717, 1.165) is 0 Å². The quantitative estimate of drug-likeness (QED) is 0.827. The number of hydrogen-bond donors (Lipinski definition) is 2. The molecule has 20 heavy (non-hydrogen) atoms. The molecule has 0 unspecified atom stereocenters. The minimum absolute atomic E-state index is 0.0852. The molecule has 6 heteroatoms. The average Bonchev–Trinajstić information content (AvgIpc) is 2.97. The highest BCUT2D eigenvalue weighted by Gasteiger charge is 2.14. The molecule has 0 saturated carbocycles. The maximum Gasteiger partial charge on any atom is 0.241 e. The Bertz CT molecular complexity index is 724. The summed E-state index contributed by atoms with van der Waals surface area (Å²) in [5.41, 5.74) is 0.528. The van der Waals surface area contributed by atoms with E-state index in [0.29, 0.717) is 11.3 Å². The van der Waals surface area contributed by atoms with Crippen LogP contribution in [0.15, 0.2) is 52.0 Å². The Morgan fingerprint density at radius 3 is 2.80 bits per heavy atom. The largest absolute Gasteiger partial charge is 0.468 e. The molecule has 2 rings (SSSR count). The second-order valence-electron chi connectivity index (χ2n) is 3.89. The lowest BCUT2D eigenvalue weighted by atomic mass is 10.2. The molecule has 0 amide bonds. The van der Waals surface area contributed by atoms with Gasteiger partial charge in [0, 0.05) is 5.56 Å². The lowest BCUT2D eigenvalue weighted by Gasteiger charge is -2.05. The molecule has 2 aromatic rings. The van der Waals surface area contributed by atoms with Crippen molar-refractivity contribution in [1.82, 2.24) is 4.72 Å². The zero-order valence-electron chi connectivity index (χ0n) is 10.5. The maximum atomic E-state index is 12.1. The third kappa shape index (κ3) is 3.71. The fourth-order valence-corrected chi connectivity index (χ4v) is 2.58. The van der Waals surface area contributed by atoms with E-state index in [-0.39, 0.29) is 18.0 Å². The number of aliphatic hydroxyl groups is 1. The number of sulfonamides is 1. The summed E-state index contributed by atoms with van der Waals surface area (Å²) in [6, 6.07) is 9.58. The van der Waals surface area contributed by atoms with Gasteiger partial charge in [-0.15, -0.1) is 0 Å². The van der Waals surface area contributed by atoms with Gasteiger partial charge in [-0.3, -0.25) is 0 Å². The summed E-state index contributed by atoms with van der Waals surface area (Å²) < 4.78 is 31.7. The Balaban J connectivity index is 2.16. The fraction of sp³-hybridized carbons (Fsp3) is 0.143. The molecule has 0 spiro atoms. The Morgan fingerprint density at radius 1 is 1.25 bits per heavy atom.